The number of rotatable bonds is 6. The molecular formula is C18H18Cl2N2O3. The summed E-state index contributed by atoms with van der Waals surface area (Å²) in [6, 6.07) is 12.1. The van der Waals surface area contributed by atoms with E-state index in [0.717, 1.165) is 12.0 Å². The lowest BCUT2D eigenvalue weighted by atomic mass is 10.1. The third kappa shape index (κ3) is 5.96. The van der Waals surface area contributed by atoms with E-state index >= 15 is 0 Å². The van der Waals surface area contributed by atoms with Gasteiger partial charge < -0.3 is 4.74 Å². The summed E-state index contributed by atoms with van der Waals surface area (Å²) in [6.45, 7) is 0. The molecule has 132 valence electrons. The van der Waals surface area contributed by atoms with Crippen LogP contribution in [0.4, 0.5) is 0 Å². The number of hydrazine groups is 1. The molecule has 2 aromatic carbocycles. The topological polar surface area (TPSA) is 67.4 Å². The fourth-order valence-corrected chi connectivity index (χ4v) is 2.50. The summed E-state index contributed by atoms with van der Waals surface area (Å²) < 4.78 is 5.11. The quantitative estimate of drug-likeness (QED) is 0.749. The first-order valence-electron chi connectivity index (χ1n) is 7.67. The summed E-state index contributed by atoms with van der Waals surface area (Å²) in [5.41, 5.74) is 6.15. The number of benzene rings is 2. The Morgan fingerprint density at radius 1 is 1.00 bits per heavy atom. The molecule has 0 aliphatic heterocycles. The predicted molar refractivity (Wildman–Crippen MR) is 98.0 cm³/mol. The van der Waals surface area contributed by atoms with Gasteiger partial charge in [-0.3, -0.25) is 20.4 Å². The zero-order chi connectivity index (χ0) is 18.2. The van der Waals surface area contributed by atoms with Crippen molar-refractivity contribution in [2.45, 2.75) is 19.3 Å². The number of carbonyl (C=O) groups excluding carboxylic acids is 2. The lowest BCUT2D eigenvalue weighted by Gasteiger charge is -2.10. The van der Waals surface area contributed by atoms with E-state index < -0.39 is 5.91 Å². The molecule has 0 spiro atoms. The van der Waals surface area contributed by atoms with E-state index in [4.69, 9.17) is 27.9 Å². The molecule has 0 atom stereocenters. The van der Waals surface area contributed by atoms with E-state index in [9.17, 15) is 9.59 Å². The molecule has 0 aliphatic carbocycles. The molecular weight excluding hydrogens is 363 g/mol. The molecule has 0 saturated heterocycles. The van der Waals surface area contributed by atoms with Crippen molar-refractivity contribution in [3.8, 4) is 5.75 Å². The molecule has 2 aromatic rings. The van der Waals surface area contributed by atoms with E-state index in [2.05, 4.69) is 10.9 Å². The molecule has 0 aliphatic rings. The second kappa shape index (κ2) is 9.30. The smallest absolute Gasteiger partial charge is 0.273 e. The fourth-order valence-electron chi connectivity index (χ4n) is 2.21. The van der Waals surface area contributed by atoms with Crippen LogP contribution in [0.2, 0.25) is 10.0 Å². The second-order valence-corrected chi connectivity index (χ2v) is 6.20. The lowest BCUT2D eigenvalue weighted by Crippen LogP contribution is -2.41. The van der Waals surface area contributed by atoms with Gasteiger partial charge in [-0.15, -0.1) is 0 Å². The number of carbonyl (C=O) groups is 2. The van der Waals surface area contributed by atoms with Gasteiger partial charge in [-0.2, -0.15) is 0 Å². The molecule has 0 radical (unpaired) electrons. The van der Waals surface area contributed by atoms with Crippen LogP contribution in [0.3, 0.4) is 0 Å². The van der Waals surface area contributed by atoms with Crippen molar-refractivity contribution in [1.82, 2.24) is 10.9 Å². The zero-order valence-corrected chi connectivity index (χ0v) is 15.2. The average molecular weight is 381 g/mol. The zero-order valence-electron chi connectivity index (χ0n) is 13.6. The van der Waals surface area contributed by atoms with E-state index in [0.29, 0.717) is 28.6 Å². The van der Waals surface area contributed by atoms with E-state index in [-0.39, 0.29) is 11.5 Å². The Hall–Kier alpha value is -2.24. The summed E-state index contributed by atoms with van der Waals surface area (Å²) in [6.07, 6.45) is 1.71. The maximum Gasteiger partial charge on any atom is 0.273 e. The Morgan fingerprint density at radius 3 is 2.36 bits per heavy atom. The molecule has 0 heterocycles. The highest BCUT2D eigenvalue weighted by Gasteiger charge is 2.13. The van der Waals surface area contributed by atoms with Gasteiger partial charge in [0, 0.05) is 16.5 Å². The van der Waals surface area contributed by atoms with Gasteiger partial charge in [0.15, 0.2) is 0 Å². The van der Waals surface area contributed by atoms with Gasteiger partial charge in [0.1, 0.15) is 5.75 Å². The van der Waals surface area contributed by atoms with Crippen molar-refractivity contribution in [2.24, 2.45) is 0 Å². The molecule has 2 rings (SSSR count). The van der Waals surface area contributed by atoms with Crippen LogP contribution in [0.25, 0.3) is 0 Å². The van der Waals surface area contributed by atoms with Crippen LogP contribution in [-0.2, 0) is 11.2 Å². The molecule has 25 heavy (non-hydrogen) atoms. The van der Waals surface area contributed by atoms with Gasteiger partial charge in [0.25, 0.3) is 5.91 Å². The number of ether oxygens (including phenoxy) is 1. The number of amides is 2. The highest BCUT2D eigenvalue weighted by molar-refractivity contribution is 6.31. The second-order valence-electron chi connectivity index (χ2n) is 5.33. The highest BCUT2D eigenvalue weighted by Crippen LogP contribution is 2.22. The number of methoxy groups -OCH3 is 1. The van der Waals surface area contributed by atoms with Gasteiger partial charge >= 0.3 is 0 Å². The first kappa shape index (κ1) is 19.1. The van der Waals surface area contributed by atoms with Crippen LogP contribution in [0, 0.1) is 0 Å². The Bertz CT molecular complexity index is 748. The van der Waals surface area contributed by atoms with Crippen LogP contribution in [-0.4, -0.2) is 18.9 Å². The molecule has 0 saturated carbocycles. The Kier molecular flexibility index (Phi) is 7.10. The number of nitrogens with one attached hydrogen (secondary N) is 2. The van der Waals surface area contributed by atoms with Gasteiger partial charge in [-0.1, -0.05) is 35.3 Å². The van der Waals surface area contributed by atoms with Crippen LogP contribution < -0.4 is 15.6 Å². The van der Waals surface area contributed by atoms with E-state index in [1.54, 1.807) is 6.07 Å². The standard InChI is InChI=1S/C18H18Cl2N2O3/c1-25-16-11-14(20)9-10-15(16)18(24)22-21-17(23)4-2-3-12-5-7-13(19)8-6-12/h5-11H,2-4H2,1H3,(H,21,23)(H,22,24). The predicted octanol–water partition coefficient (Wildman–Crippen LogP) is 3.79. The fraction of sp³-hybridized carbons (Fsp3) is 0.222. The molecule has 0 aromatic heterocycles. The molecule has 0 unspecified atom stereocenters. The first-order valence-corrected chi connectivity index (χ1v) is 8.42. The minimum Gasteiger partial charge on any atom is -0.496 e. The maximum atomic E-state index is 12.1. The van der Waals surface area contributed by atoms with Gasteiger partial charge in [-0.05, 0) is 48.7 Å². The molecule has 7 heteroatoms. The Morgan fingerprint density at radius 2 is 1.68 bits per heavy atom. The van der Waals surface area contributed by atoms with Crippen molar-refractivity contribution >= 4 is 35.0 Å². The lowest BCUT2D eigenvalue weighted by molar-refractivity contribution is -0.121. The average Bonchev–Trinajstić information content (AvgIpc) is 2.61. The van der Waals surface area contributed by atoms with Crippen molar-refractivity contribution in [1.29, 1.82) is 0 Å². The minimum atomic E-state index is -0.473. The van der Waals surface area contributed by atoms with Crippen molar-refractivity contribution in [2.75, 3.05) is 7.11 Å². The summed E-state index contributed by atoms with van der Waals surface area (Å²) in [5.74, 6) is -0.406. The molecule has 0 fully saturated rings. The van der Waals surface area contributed by atoms with E-state index in [1.165, 1.54) is 19.2 Å². The first-order chi connectivity index (χ1) is 12.0. The van der Waals surface area contributed by atoms with Crippen LogP contribution in [0.15, 0.2) is 42.5 Å². The van der Waals surface area contributed by atoms with Crippen LogP contribution in [0.1, 0.15) is 28.8 Å². The SMILES string of the molecule is COc1cc(Cl)ccc1C(=O)NNC(=O)CCCc1ccc(Cl)cc1. The van der Waals surface area contributed by atoms with Crippen molar-refractivity contribution in [3.63, 3.8) is 0 Å². The van der Waals surface area contributed by atoms with E-state index in [1.807, 2.05) is 24.3 Å². The van der Waals surface area contributed by atoms with Gasteiger partial charge in [0.05, 0.1) is 12.7 Å². The van der Waals surface area contributed by atoms with Crippen molar-refractivity contribution < 1.29 is 14.3 Å². The third-order valence-electron chi connectivity index (χ3n) is 3.51. The Balaban J connectivity index is 1.77. The summed E-state index contributed by atoms with van der Waals surface area (Å²) in [5, 5.41) is 1.14. The minimum absolute atomic E-state index is 0.268. The Labute approximate surface area is 156 Å². The number of hydrogen-bond acceptors (Lipinski definition) is 3. The molecule has 5 nitrogen and oxygen atoms in total. The van der Waals surface area contributed by atoms with Crippen LogP contribution in [0.5, 0.6) is 5.75 Å². The maximum absolute atomic E-state index is 12.1. The number of hydrogen-bond donors (Lipinski definition) is 2. The summed E-state index contributed by atoms with van der Waals surface area (Å²) in [7, 11) is 1.44. The van der Waals surface area contributed by atoms with Crippen molar-refractivity contribution in [3.05, 3.63) is 63.6 Å². The number of halogens is 2. The third-order valence-corrected chi connectivity index (χ3v) is 3.99. The molecule has 0 bridgehead atoms. The largest absolute Gasteiger partial charge is 0.496 e. The molecule has 2 N–H and O–H groups in total. The summed E-state index contributed by atoms with van der Waals surface area (Å²) >= 11 is 11.7. The number of aryl methyl sites for hydroxylation is 1. The normalized spacial score (nSPS) is 10.2. The highest BCUT2D eigenvalue weighted by atomic mass is 35.5. The molecule has 2 amide bonds. The van der Waals surface area contributed by atoms with Crippen LogP contribution >= 0.6 is 23.2 Å². The monoisotopic (exact) mass is 380 g/mol. The van der Waals surface area contributed by atoms with Gasteiger partial charge in [-0.25, -0.2) is 0 Å². The van der Waals surface area contributed by atoms with Gasteiger partial charge in [0.2, 0.25) is 5.91 Å². The summed E-state index contributed by atoms with van der Waals surface area (Å²) in [4.78, 5) is 23.9.